The van der Waals surface area contributed by atoms with Crippen molar-refractivity contribution in [3.63, 3.8) is 0 Å². The van der Waals surface area contributed by atoms with Crippen molar-refractivity contribution in [3.05, 3.63) is 52.1 Å². The van der Waals surface area contributed by atoms with Crippen molar-refractivity contribution in [1.29, 1.82) is 0 Å². The van der Waals surface area contributed by atoms with Crippen molar-refractivity contribution in [2.45, 2.75) is 13.0 Å². The molecule has 0 unspecified atom stereocenters. The van der Waals surface area contributed by atoms with Crippen LogP contribution in [0, 0.1) is 5.25 Å². The number of allylic oxidation sites excluding steroid dienone is 1. The van der Waals surface area contributed by atoms with Gasteiger partial charge < -0.3 is 5.73 Å². The third-order valence-corrected chi connectivity index (χ3v) is 3.14. The van der Waals surface area contributed by atoms with Gasteiger partial charge in [0.15, 0.2) is 0 Å². The minimum atomic E-state index is 0.626. The summed E-state index contributed by atoms with van der Waals surface area (Å²) < 4.78 is 0. The van der Waals surface area contributed by atoms with Crippen molar-refractivity contribution in [1.82, 2.24) is 0 Å². The Labute approximate surface area is 83.0 Å². The summed E-state index contributed by atoms with van der Waals surface area (Å²) in [5, 5.41) is 3.58. The van der Waals surface area contributed by atoms with Gasteiger partial charge in [-0.05, 0) is 23.0 Å². The van der Waals surface area contributed by atoms with E-state index in [4.69, 9.17) is 5.73 Å². The van der Waals surface area contributed by atoms with E-state index in [0.29, 0.717) is 6.54 Å². The van der Waals surface area contributed by atoms with Gasteiger partial charge in [-0.25, -0.2) is 0 Å². The fraction of sp³-hybridized carbons (Fsp3) is 0.182. The fourth-order valence-corrected chi connectivity index (χ4v) is 2.17. The summed E-state index contributed by atoms with van der Waals surface area (Å²) in [7, 11) is 0. The predicted molar refractivity (Wildman–Crippen MR) is 58.0 cm³/mol. The maximum Gasteiger partial charge on any atom is 0.0677 e. The van der Waals surface area contributed by atoms with E-state index in [9.17, 15) is 0 Å². The minimum absolute atomic E-state index is 0.626. The molecule has 0 aliphatic carbocycles. The van der Waals surface area contributed by atoms with Crippen molar-refractivity contribution < 1.29 is 0 Å². The molecule has 0 aromatic heterocycles. The van der Waals surface area contributed by atoms with Crippen LogP contribution in [-0.2, 0) is 6.54 Å². The molecule has 2 N–H and O–H groups in total. The Morgan fingerprint density at radius 1 is 1.23 bits per heavy atom. The first-order valence-electron chi connectivity index (χ1n) is 4.37. The molecule has 0 amide bonds. The summed E-state index contributed by atoms with van der Waals surface area (Å²) in [4.78, 5) is 0. The Balaban J connectivity index is 2.13. The van der Waals surface area contributed by atoms with E-state index in [-0.39, 0.29) is 0 Å². The Morgan fingerprint density at radius 2 is 2.00 bits per heavy atom. The summed E-state index contributed by atoms with van der Waals surface area (Å²) in [6.07, 6.45) is 3.27. The first-order chi connectivity index (χ1) is 6.40. The molecule has 2 rings (SSSR count). The third kappa shape index (κ3) is 1.95. The van der Waals surface area contributed by atoms with E-state index in [1.54, 1.807) is 0 Å². The lowest BCUT2D eigenvalue weighted by Gasteiger charge is -2.07. The monoisotopic (exact) mass is 190 g/mol. The Bertz CT molecular complexity index is 294. The minimum Gasteiger partial charge on any atom is -0.326 e. The average Bonchev–Trinajstić information content (AvgIpc) is 2.71. The van der Waals surface area contributed by atoms with E-state index >= 15 is 0 Å². The molecule has 1 aliphatic heterocycles. The van der Waals surface area contributed by atoms with Crippen LogP contribution in [0.15, 0.2) is 35.7 Å². The standard InChI is InChI=1S/C11H12NS/c12-8-9-3-5-10(6-4-9)11-2-1-7-13-11/h1,3-7H,2,8,12H2. The Hall–Kier alpha value is -0.730. The van der Waals surface area contributed by atoms with Crippen LogP contribution >= 0.6 is 11.8 Å². The van der Waals surface area contributed by atoms with E-state index in [2.05, 4.69) is 35.7 Å². The van der Waals surface area contributed by atoms with Gasteiger partial charge in [0.1, 0.15) is 0 Å². The highest BCUT2D eigenvalue weighted by atomic mass is 32.2. The van der Waals surface area contributed by atoms with Gasteiger partial charge in [-0.15, -0.1) is 11.8 Å². The average molecular weight is 190 g/mol. The van der Waals surface area contributed by atoms with Gasteiger partial charge in [0.2, 0.25) is 0 Å². The van der Waals surface area contributed by atoms with Crippen molar-refractivity contribution >= 4 is 11.8 Å². The van der Waals surface area contributed by atoms with Crippen LogP contribution < -0.4 is 5.73 Å². The normalized spacial score (nSPS) is 16.7. The molecule has 13 heavy (non-hydrogen) atoms. The third-order valence-electron chi connectivity index (χ3n) is 2.12. The molecule has 0 fully saturated rings. The molecule has 67 valence electrons. The van der Waals surface area contributed by atoms with Crippen LogP contribution in [0.2, 0.25) is 0 Å². The molecular formula is C11H12NS. The summed E-state index contributed by atoms with van der Waals surface area (Å²) in [6.45, 7) is 0.626. The van der Waals surface area contributed by atoms with Crippen molar-refractivity contribution in [2.75, 3.05) is 0 Å². The van der Waals surface area contributed by atoms with Gasteiger partial charge in [0.05, 0.1) is 5.25 Å². The number of hydrogen-bond donors (Lipinski definition) is 1. The van der Waals surface area contributed by atoms with Crippen LogP contribution in [-0.4, -0.2) is 0 Å². The summed E-state index contributed by atoms with van der Waals surface area (Å²) in [5.41, 5.74) is 8.05. The van der Waals surface area contributed by atoms with E-state index in [0.717, 1.165) is 6.42 Å². The highest BCUT2D eigenvalue weighted by Crippen LogP contribution is 2.37. The second-order valence-corrected chi connectivity index (χ2v) is 4.02. The molecule has 0 atom stereocenters. The summed E-state index contributed by atoms with van der Waals surface area (Å²) >= 11 is 1.81. The highest BCUT2D eigenvalue weighted by Gasteiger charge is 2.13. The number of rotatable bonds is 2. The number of nitrogens with two attached hydrogens (primary N) is 1. The number of benzene rings is 1. The lowest BCUT2D eigenvalue weighted by atomic mass is 10.1. The fourth-order valence-electron chi connectivity index (χ4n) is 1.35. The molecule has 0 saturated carbocycles. The molecule has 0 spiro atoms. The second kappa shape index (κ2) is 3.99. The molecular weight excluding hydrogens is 178 g/mol. The maximum atomic E-state index is 5.53. The molecule has 1 heterocycles. The molecule has 0 saturated heterocycles. The van der Waals surface area contributed by atoms with Gasteiger partial charge in [0.25, 0.3) is 0 Å². The molecule has 1 aliphatic rings. The van der Waals surface area contributed by atoms with Gasteiger partial charge in [-0.1, -0.05) is 30.3 Å². The highest BCUT2D eigenvalue weighted by molar-refractivity contribution is 8.05. The van der Waals surface area contributed by atoms with Gasteiger partial charge in [-0.3, -0.25) is 0 Å². The van der Waals surface area contributed by atoms with Gasteiger partial charge in [-0.2, -0.15) is 0 Å². The first-order valence-corrected chi connectivity index (χ1v) is 5.25. The van der Waals surface area contributed by atoms with Gasteiger partial charge in [0, 0.05) is 6.54 Å². The summed E-state index contributed by atoms with van der Waals surface area (Å²) in [6, 6.07) is 8.50. The quantitative estimate of drug-likeness (QED) is 0.776. The molecule has 1 radical (unpaired) electrons. The zero-order chi connectivity index (χ0) is 9.10. The SMILES string of the molecule is NCc1ccc([C]2CC=CS2)cc1. The Morgan fingerprint density at radius 3 is 2.54 bits per heavy atom. The first kappa shape index (κ1) is 8.85. The van der Waals surface area contributed by atoms with Crippen LogP contribution in [0.4, 0.5) is 0 Å². The number of hydrogen-bond acceptors (Lipinski definition) is 2. The molecule has 1 nitrogen and oxygen atoms in total. The van der Waals surface area contributed by atoms with Crippen LogP contribution in [0.3, 0.4) is 0 Å². The lowest BCUT2D eigenvalue weighted by molar-refractivity contribution is 1.07. The smallest absolute Gasteiger partial charge is 0.0677 e. The van der Waals surface area contributed by atoms with E-state index in [1.165, 1.54) is 16.4 Å². The second-order valence-electron chi connectivity index (χ2n) is 3.02. The van der Waals surface area contributed by atoms with Crippen molar-refractivity contribution in [2.24, 2.45) is 5.73 Å². The van der Waals surface area contributed by atoms with Crippen LogP contribution in [0.5, 0.6) is 0 Å². The Kier molecular flexibility index (Phi) is 2.71. The van der Waals surface area contributed by atoms with E-state index in [1.807, 2.05) is 11.8 Å². The van der Waals surface area contributed by atoms with E-state index < -0.39 is 0 Å². The van der Waals surface area contributed by atoms with Crippen molar-refractivity contribution in [3.8, 4) is 0 Å². The zero-order valence-corrected chi connectivity index (χ0v) is 8.18. The number of thioether (sulfide) groups is 1. The predicted octanol–water partition coefficient (Wildman–Crippen LogP) is 2.68. The zero-order valence-electron chi connectivity index (χ0n) is 7.36. The topological polar surface area (TPSA) is 26.0 Å². The molecule has 1 aromatic carbocycles. The van der Waals surface area contributed by atoms with Gasteiger partial charge >= 0.3 is 0 Å². The lowest BCUT2D eigenvalue weighted by Crippen LogP contribution is -1.97. The molecule has 1 aromatic rings. The largest absolute Gasteiger partial charge is 0.326 e. The molecule has 2 heteroatoms. The molecule has 0 bridgehead atoms. The van der Waals surface area contributed by atoms with Crippen LogP contribution in [0.25, 0.3) is 0 Å². The maximum absolute atomic E-state index is 5.53. The van der Waals surface area contributed by atoms with Crippen LogP contribution in [0.1, 0.15) is 17.5 Å². The summed E-state index contributed by atoms with van der Waals surface area (Å²) in [5.74, 6) is 0.